The maximum absolute atomic E-state index is 11.9. The highest BCUT2D eigenvalue weighted by Crippen LogP contribution is 2.35. The zero-order valence-electron chi connectivity index (χ0n) is 17.5. The van der Waals surface area contributed by atoms with Gasteiger partial charge in [0.05, 0.1) is 16.3 Å². The summed E-state index contributed by atoms with van der Waals surface area (Å²) in [4.78, 5) is 19.3. The van der Waals surface area contributed by atoms with E-state index in [2.05, 4.69) is 16.0 Å². The maximum atomic E-state index is 11.9. The molecule has 0 spiro atoms. The lowest BCUT2D eigenvalue weighted by atomic mass is 9.83. The summed E-state index contributed by atoms with van der Waals surface area (Å²) in [6, 6.07) is 14.7. The van der Waals surface area contributed by atoms with Crippen molar-refractivity contribution < 1.29 is 17.9 Å². The third-order valence-electron chi connectivity index (χ3n) is 5.90. The zero-order valence-corrected chi connectivity index (χ0v) is 18.3. The fourth-order valence-corrected chi connectivity index (χ4v) is 4.77. The minimum absolute atomic E-state index is 0.0970. The standard InChI is InChI=1S/C24H26N2O4S/c1-31(28,29)20-4-2-19(3-5-20)21(14-17-9-12-30-13-10-17)22-6-7-23(26-22)24-15-18(16-27)8-11-25-24/h2-8,11,15-17,21,26H,9-10,12-14H2,1H3. The predicted octanol–water partition coefficient (Wildman–Crippen LogP) is 4.24. The van der Waals surface area contributed by atoms with Gasteiger partial charge in [0.1, 0.15) is 6.29 Å². The summed E-state index contributed by atoms with van der Waals surface area (Å²) in [5, 5.41) is 0. The fraction of sp³-hybridized carbons (Fsp3) is 0.333. The highest BCUT2D eigenvalue weighted by Gasteiger charge is 2.24. The molecule has 0 aliphatic carbocycles. The number of hydrogen-bond acceptors (Lipinski definition) is 5. The van der Waals surface area contributed by atoms with Gasteiger partial charge in [-0.3, -0.25) is 9.78 Å². The number of hydrogen-bond donors (Lipinski definition) is 1. The number of rotatable bonds is 7. The van der Waals surface area contributed by atoms with E-state index >= 15 is 0 Å². The summed E-state index contributed by atoms with van der Waals surface area (Å²) in [7, 11) is -3.24. The van der Waals surface area contributed by atoms with Gasteiger partial charge in [-0.15, -0.1) is 0 Å². The van der Waals surface area contributed by atoms with Crippen LogP contribution in [0, 0.1) is 5.92 Å². The Balaban J connectivity index is 1.67. The molecule has 31 heavy (non-hydrogen) atoms. The van der Waals surface area contributed by atoms with Gasteiger partial charge in [-0.05, 0) is 67.1 Å². The number of nitrogens with zero attached hydrogens (tertiary/aromatic N) is 1. The molecule has 1 saturated heterocycles. The molecule has 1 aliphatic rings. The van der Waals surface area contributed by atoms with Gasteiger partial charge in [-0.1, -0.05) is 12.1 Å². The molecule has 1 aliphatic heterocycles. The first-order valence-corrected chi connectivity index (χ1v) is 12.3. The van der Waals surface area contributed by atoms with Crippen LogP contribution in [0.3, 0.4) is 0 Å². The quantitative estimate of drug-likeness (QED) is 0.557. The Morgan fingerprint density at radius 3 is 2.55 bits per heavy atom. The van der Waals surface area contributed by atoms with Crippen molar-refractivity contribution in [2.24, 2.45) is 5.92 Å². The largest absolute Gasteiger partial charge is 0.381 e. The number of aromatic amines is 1. The van der Waals surface area contributed by atoms with Gasteiger partial charge in [0, 0.05) is 42.8 Å². The lowest BCUT2D eigenvalue weighted by Crippen LogP contribution is -2.18. The summed E-state index contributed by atoms with van der Waals surface area (Å²) in [5.41, 5.74) is 4.27. The number of pyridine rings is 1. The van der Waals surface area contributed by atoms with E-state index in [0.717, 1.165) is 55.7 Å². The van der Waals surface area contributed by atoms with Crippen LogP contribution in [0.25, 0.3) is 11.4 Å². The van der Waals surface area contributed by atoms with Crippen LogP contribution in [-0.4, -0.2) is 44.1 Å². The van der Waals surface area contributed by atoms with Crippen LogP contribution in [-0.2, 0) is 14.6 Å². The number of benzene rings is 1. The normalized spacial score (nSPS) is 16.2. The van der Waals surface area contributed by atoms with Crippen molar-refractivity contribution in [2.45, 2.75) is 30.1 Å². The Bertz CT molecular complexity index is 1150. The topological polar surface area (TPSA) is 89.1 Å². The molecule has 3 aromatic rings. The highest BCUT2D eigenvalue weighted by molar-refractivity contribution is 7.90. The Morgan fingerprint density at radius 1 is 1.13 bits per heavy atom. The van der Waals surface area contributed by atoms with E-state index in [9.17, 15) is 13.2 Å². The molecule has 7 heteroatoms. The van der Waals surface area contributed by atoms with Gasteiger partial charge in [0.25, 0.3) is 0 Å². The van der Waals surface area contributed by atoms with Crippen LogP contribution in [0.5, 0.6) is 0 Å². The molecule has 1 fully saturated rings. The van der Waals surface area contributed by atoms with Crippen molar-refractivity contribution >= 4 is 16.1 Å². The number of nitrogens with one attached hydrogen (secondary N) is 1. The van der Waals surface area contributed by atoms with E-state index in [1.165, 1.54) is 6.26 Å². The van der Waals surface area contributed by atoms with Gasteiger partial charge in [-0.25, -0.2) is 8.42 Å². The fourth-order valence-electron chi connectivity index (χ4n) is 4.14. The molecule has 1 atom stereocenters. The van der Waals surface area contributed by atoms with Crippen LogP contribution in [0.15, 0.2) is 59.6 Å². The van der Waals surface area contributed by atoms with E-state index < -0.39 is 9.84 Å². The average Bonchev–Trinajstić information content (AvgIpc) is 3.28. The molecule has 0 saturated carbocycles. The highest BCUT2D eigenvalue weighted by atomic mass is 32.2. The molecule has 1 N–H and O–H groups in total. The average molecular weight is 439 g/mol. The molecule has 4 rings (SSSR count). The monoisotopic (exact) mass is 438 g/mol. The Kier molecular flexibility index (Phi) is 6.34. The van der Waals surface area contributed by atoms with Gasteiger partial charge in [-0.2, -0.15) is 0 Å². The van der Waals surface area contributed by atoms with Gasteiger partial charge in [0.15, 0.2) is 9.84 Å². The third-order valence-corrected chi connectivity index (χ3v) is 7.03. The van der Waals surface area contributed by atoms with Crippen molar-refractivity contribution in [3.05, 3.63) is 71.5 Å². The first-order valence-electron chi connectivity index (χ1n) is 10.4. The predicted molar refractivity (Wildman–Crippen MR) is 119 cm³/mol. The van der Waals surface area contributed by atoms with E-state index in [-0.39, 0.29) is 5.92 Å². The Labute approximate surface area is 182 Å². The van der Waals surface area contributed by atoms with Gasteiger partial charge in [0.2, 0.25) is 0 Å². The van der Waals surface area contributed by atoms with Crippen LogP contribution < -0.4 is 0 Å². The summed E-state index contributed by atoms with van der Waals surface area (Å²) in [5.74, 6) is 0.635. The van der Waals surface area contributed by atoms with Crippen LogP contribution in [0.1, 0.15) is 46.8 Å². The smallest absolute Gasteiger partial charge is 0.175 e. The van der Waals surface area contributed by atoms with E-state index in [0.29, 0.717) is 22.1 Å². The number of carbonyl (C=O) groups excluding carboxylic acids is 1. The minimum atomic E-state index is -3.24. The Hall–Kier alpha value is -2.77. The Morgan fingerprint density at radius 2 is 1.87 bits per heavy atom. The molecule has 1 unspecified atom stereocenters. The number of aldehydes is 1. The van der Waals surface area contributed by atoms with Crippen molar-refractivity contribution in [1.82, 2.24) is 9.97 Å². The first-order chi connectivity index (χ1) is 14.9. The molecule has 0 bridgehead atoms. The lowest BCUT2D eigenvalue weighted by Gasteiger charge is -2.27. The second-order valence-electron chi connectivity index (χ2n) is 8.10. The van der Waals surface area contributed by atoms with Gasteiger partial charge >= 0.3 is 0 Å². The summed E-state index contributed by atoms with van der Waals surface area (Å²) >= 11 is 0. The number of H-pyrrole nitrogens is 1. The summed E-state index contributed by atoms with van der Waals surface area (Å²) in [6.45, 7) is 1.56. The van der Waals surface area contributed by atoms with Gasteiger partial charge < -0.3 is 9.72 Å². The van der Waals surface area contributed by atoms with Crippen molar-refractivity contribution in [1.29, 1.82) is 0 Å². The second-order valence-corrected chi connectivity index (χ2v) is 10.1. The molecular formula is C24H26N2O4S. The minimum Gasteiger partial charge on any atom is -0.381 e. The zero-order chi connectivity index (χ0) is 21.8. The second kappa shape index (κ2) is 9.16. The number of aromatic nitrogens is 2. The van der Waals surface area contributed by atoms with Crippen molar-refractivity contribution in [3.8, 4) is 11.4 Å². The maximum Gasteiger partial charge on any atom is 0.175 e. The van der Waals surface area contributed by atoms with E-state index in [4.69, 9.17) is 4.74 Å². The van der Waals surface area contributed by atoms with Crippen molar-refractivity contribution in [3.63, 3.8) is 0 Å². The molecule has 1 aromatic carbocycles. The van der Waals surface area contributed by atoms with Crippen LogP contribution in [0.2, 0.25) is 0 Å². The number of sulfone groups is 1. The van der Waals surface area contributed by atoms with E-state index in [1.807, 2.05) is 18.2 Å². The molecule has 2 aromatic heterocycles. The van der Waals surface area contributed by atoms with Crippen molar-refractivity contribution in [2.75, 3.05) is 19.5 Å². The molecule has 0 radical (unpaired) electrons. The summed E-state index contributed by atoms with van der Waals surface area (Å²) in [6.07, 6.45) is 6.65. The summed E-state index contributed by atoms with van der Waals surface area (Å²) < 4.78 is 29.2. The molecule has 0 amide bonds. The van der Waals surface area contributed by atoms with E-state index in [1.54, 1.807) is 30.5 Å². The first kappa shape index (κ1) is 21.5. The number of ether oxygens (including phenoxy) is 1. The number of carbonyl (C=O) groups is 1. The molecular weight excluding hydrogens is 412 g/mol. The SMILES string of the molecule is CS(=O)(=O)c1ccc(C(CC2CCOCC2)c2ccc(-c3cc(C=O)ccn3)[nH]2)cc1. The van der Waals surface area contributed by atoms with Crippen LogP contribution in [0.4, 0.5) is 0 Å². The molecule has 6 nitrogen and oxygen atoms in total. The molecule has 162 valence electrons. The van der Waals surface area contributed by atoms with Crippen LogP contribution >= 0.6 is 0 Å². The molecule has 3 heterocycles. The third kappa shape index (κ3) is 5.11. The lowest BCUT2D eigenvalue weighted by molar-refractivity contribution is 0.0626.